The van der Waals surface area contributed by atoms with Crippen molar-refractivity contribution in [2.45, 2.75) is 0 Å². The summed E-state index contributed by atoms with van der Waals surface area (Å²) in [5.74, 6) is 0.694. The average molecular weight is 688 g/mol. The second-order valence-electron chi connectivity index (χ2n) is 13.6. The van der Waals surface area contributed by atoms with Crippen LogP contribution in [-0.2, 0) is 0 Å². The lowest BCUT2D eigenvalue weighted by Crippen LogP contribution is -1.96. The largest absolute Gasteiger partial charge is 0.247 e. The number of fused-ring (bicyclic) bond motifs is 5. The van der Waals surface area contributed by atoms with Crippen molar-refractivity contribution in [1.82, 2.24) is 15.0 Å². The minimum absolute atomic E-state index is 0.694. The summed E-state index contributed by atoms with van der Waals surface area (Å²) in [6.45, 7) is 0. The molecule has 10 aromatic rings. The molecule has 54 heavy (non-hydrogen) atoms. The van der Waals surface area contributed by atoms with Crippen LogP contribution in [0.3, 0.4) is 0 Å². The summed E-state index contributed by atoms with van der Waals surface area (Å²) in [4.78, 5) is 15.5. The number of pyridine rings is 1. The Bertz CT molecular complexity index is 2940. The van der Waals surface area contributed by atoms with E-state index in [2.05, 4.69) is 176 Å². The van der Waals surface area contributed by atoms with Crippen LogP contribution in [0.4, 0.5) is 0 Å². The van der Waals surface area contributed by atoms with Gasteiger partial charge in [-0.05, 0) is 51.2 Å². The van der Waals surface area contributed by atoms with Crippen LogP contribution in [0.15, 0.2) is 200 Å². The maximum atomic E-state index is 5.33. The van der Waals surface area contributed by atoms with Crippen molar-refractivity contribution in [3.05, 3.63) is 200 Å². The van der Waals surface area contributed by atoms with E-state index in [1.54, 1.807) is 0 Å². The average Bonchev–Trinajstić information content (AvgIpc) is 3.26. The van der Waals surface area contributed by atoms with Gasteiger partial charge in [-0.2, -0.15) is 0 Å². The Labute approximate surface area is 313 Å². The van der Waals surface area contributed by atoms with Gasteiger partial charge < -0.3 is 0 Å². The molecule has 0 radical (unpaired) electrons. The van der Waals surface area contributed by atoms with Gasteiger partial charge in [-0.25, -0.2) is 15.0 Å². The maximum absolute atomic E-state index is 5.33. The van der Waals surface area contributed by atoms with Gasteiger partial charge in [0.05, 0.1) is 22.6 Å². The summed E-state index contributed by atoms with van der Waals surface area (Å²) in [5.41, 5.74) is 12.5. The van der Waals surface area contributed by atoms with Gasteiger partial charge in [0.2, 0.25) is 0 Å². The zero-order chi connectivity index (χ0) is 35.8. The highest BCUT2D eigenvalue weighted by molar-refractivity contribution is 6.22. The molecule has 0 atom stereocenters. The zero-order valence-electron chi connectivity index (χ0n) is 29.4. The lowest BCUT2D eigenvalue weighted by molar-refractivity contribution is 1.18. The molecule has 3 heteroatoms. The van der Waals surface area contributed by atoms with Crippen molar-refractivity contribution >= 4 is 32.4 Å². The van der Waals surface area contributed by atoms with Gasteiger partial charge in [0.1, 0.15) is 0 Å². The van der Waals surface area contributed by atoms with Gasteiger partial charge in [0.25, 0.3) is 0 Å². The van der Waals surface area contributed by atoms with Crippen molar-refractivity contribution in [1.29, 1.82) is 0 Å². The standard InChI is InChI=1S/C51H33N3/c1-4-12-34(13-5-1)36-20-26-41(27-21-36)51-53-47(38-17-8-3-9-18-38)33-48(54-51)39-22-24-40(25-23-39)50-44-30-28-37-16-10-11-19-43(37)49(44)45-32-42(29-31-46(45)52-50)35-14-6-2-7-15-35/h1-33H. The first-order valence-corrected chi connectivity index (χ1v) is 18.3. The monoisotopic (exact) mass is 687 g/mol. The summed E-state index contributed by atoms with van der Waals surface area (Å²) in [6.07, 6.45) is 0. The summed E-state index contributed by atoms with van der Waals surface area (Å²) < 4.78 is 0. The predicted octanol–water partition coefficient (Wildman–Crippen LogP) is 13.3. The number of hydrogen-bond donors (Lipinski definition) is 0. The van der Waals surface area contributed by atoms with Crippen LogP contribution < -0.4 is 0 Å². The lowest BCUT2D eigenvalue weighted by Gasteiger charge is -2.14. The highest BCUT2D eigenvalue weighted by Crippen LogP contribution is 2.39. The molecule has 0 aliphatic rings. The van der Waals surface area contributed by atoms with Crippen LogP contribution in [-0.4, -0.2) is 15.0 Å². The first-order valence-electron chi connectivity index (χ1n) is 18.3. The Kier molecular flexibility index (Phi) is 7.81. The Balaban J connectivity index is 1.09. The Morgan fingerprint density at radius 3 is 1.46 bits per heavy atom. The fourth-order valence-corrected chi connectivity index (χ4v) is 7.53. The fourth-order valence-electron chi connectivity index (χ4n) is 7.53. The van der Waals surface area contributed by atoms with E-state index >= 15 is 0 Å². The quantitative estimate of drug-likeness (QED) is 0.163. The second-order valence-corrected chi connectivity index (χ2v) is 13.6. The van der Waals surface area contributed by atoms with Crippen molar-refractivity contribution in [2.24, 2.45) is 0 Å². The molecular formula is C51H33N3. The number of aromatic nitrogens is 3. The highest BCUT2D eigenvalue weighted by Gasteiger charge is 2.16. The number of nitrogens with zero attached hydrogens (tertiary/aromatic N) is 3. The molecule has 0 saturated heterocycles. The third kappa shape index (κ3) is 5.78. The minimum atomic E-state index is 0.694. The Morgan fingerprint density at radius 1 is 0.278 bits per heavy atom. The molecule has 2 heterocycles. The smallest absolute Gasteiger partial charge is 0.160 e. The van der Waals surface area contributed by atoms with Crippen LogP contribution in [0, 0.1) is 0 Å². The van der Waals surface area contributed by atoms with Gasteiger partial charge in [0.15, 0.2) is 5.82 Å². The first kappa shape index (κ1) is 31.5. The molecular weight excluding hydrogens is 655 g/mol. The van der Waals surface area contributed by atoms with Crippen LogP contribution >= 0.6 is 0 Å². The van der Waals surface area contributed by atoms with E-state index in [4.69, 9.17) is 15.0 Å². The molecule has 0 spiro atoms. The molecule has 0 saturated carbocycles. The van der Waals surface area contributed by atoms with E-state index in [-0.39, 0.29) is 0 Å². The molecule has 0 aliphatic heterocycles. The molecule has 10 rings (SSSR count). The van der Waals surface area contributed by atoms with Gasteiger partial charge >= 0.3 is 0 Å². The van der Waals surface area contributed by atoms with Crippen LogP contribution in [0.1, 0.15) is 0 Å². The molecule has 8 aromatic carbocycles. The third-order valence-electron chi connectivity index (χ3n) is 10.3. The SMILES string of the molecule is c1ccc(-c2ccc(-c3nc(-c4ccccc4)cc(-c4ccc(-c5nc6ccc(-c7ccccc7)cc6c6c5ccc5ccccc56)cc4)n3)cc2)cc1. The van der Waals surface area contributed by atoms with E-state index in [0.29, 0.717) is 5.82 Å². The number of rotatable bonds is 6. The minimum Gasteiger partial charge on any atom is -0.247 e. The van der Waals surface area contributed by atoms with Crippen molar-refractivity contribution in [2.75, 3.05) is 0 Å². The molecule has 0 amide bonds. The van der Waals surface area contributed by atoms with Crippen molar-refractivity contribution in [3.8, 4) is 67.4 Å². The fraction of sp³-hybridized carbons (Fsp3) is 0. The van der Waals surface area contributed by atoms with Crippen LogP contribution in [0.5, 0.6) is 0 Å². The highest BCUT2D eigenvalue weighted by atomic mass is 14.9. The molecule has 0 fully saturated rings. The van der Waals surface area contributed by atoms with Gasteiger partial charge in [0, 0.05) is 38.4 Å². The summed E-state index contributed by atoms with van der Waals surface area (Å²) in [7, 11) is 0. The van der Waals surface area contributed by atoms with Gasteiger partial charge in [-0.3, -0.25) is 0 Å². The first-order chi connectivity index (χ1) is 26.7. The second kappa shape index (κ2) is 13.4. The molecule has 0 aliphatic carbocycles. The van der Waals surface area contributed by atoms with E-state index in [0.717, 1.165) is 61.2 Å². The van der Waals surface area contributed by atoms with Crippen LogP contribution in [0.25, 0.3) is 99.9 Å². The van der Waals surface area contributed by atoms with E-state index in [9.17, 15) is 0 Å². The van der Waals surface area contributed by atoms with E-state index < -0.39 is 0 Å². The van der Waals surface area contributed by atoms with Crippen molar-refractivity contribution in [3.63, 3.8) is 0 Å². The molecule has 252 valence electrons. The Hall–Kier alpha value is -7.23. The normalized spacial score (nSPS) is 11.3. The van der Waals surface area contributed by atoms with E-state index in [1.165, 1.54) is 32.8 Å². The van der Waals surface area contributed by atoms with Crippen molar-refractivity contribution < 1.29 is 0 Å². The number of hydrogen-bond acceptors (Lipinski definition) is 3. The predicted molar refractivity (Wildman–Crippen MR) is 225 cm³/mol. The zero-order valence-corrected chi connectivity index (χ0v) is 29.4. The Morgan fingerprint density at radius 2 is 0.778 bits per heavy atom. The molecule has 0 unspecified atom stereocenters. The summed E-state index contributed by atoms with van der Waals surface area (Å²) >= 11 is 0. The third-order valence-corrected chi connectivity index (χ3v) is 10.3. The van der Waals surface area contributed by atoms with E-state index in [1.807, 2.05) is 24.3 Å². The lowest BCUT2D eigenvalue weighted by atomic mass is 9.93. The van der Waals surface area contributed by atoms with Gasteiger partial charge in [-0.1, -0.05) is 182 Å². The topological polar surface area (TPSA) is 38.7 Å². The van der Waals surface area contributed by atoms with Crippen LogP contribution in [0.2, 0.25) is 0 Å². The summed E-state index contributed by atoms with van der Waals surface area (Å²) in [5, 5.41) is 5.95. The number of benzene rings is 8. The summed E-state index contributed by atoms with van der Waals surface area (Å²) in [6, 6.07) is 70.3. The molecule has 0 bridgehead atoms. The molecule has 3 nitrogen and oxygen atoms in total. The van der Waals surface area contributed by atoms with Gasteiger partial charge in [-0.15, -0.1) is 0 Å². The molecule has 0 N–H and O–H groups in total. The molecule has 2 aromatic heterocycles. The maximum Gasteiger partial charge on any atom is 0.160 e.